The largest absolute Gasteiger partial charge is 0.419 e. The van der Waals surface area contributed by atoms with Gasteiger partial charge in [0.05, 0.1) is 25.4 Å². The number of nitro groups is 1. The van der Waals surface area contributed by atoms with Crippen LogP contribution in [-0.2, 0) is 6.18 Å². The highest BCUT2D eigenvalue weighted by atomic mass is 35.5. The van der Waals surface area contributed by atoms with Gasteiger partial charge in [0.1, 0.15) is 14.9 Å². The molecule has 0 fully saturated rings. The number of nitrogens with one attached hydrogen (secondary N) is 1. The number of benzene rings is 1. The number of pyridine rings is 1. The fourth-order valence-corrected chi connectivity index (χ4v) is 5.04. The molecular formula is C17H7Cl2F4N3O3S2. The Kier molecular flexibility index (Phi) is 6.74. The summed E-state index contributed by atoms with van der Waals surface area (Å²) < 4.78 is 52.0. The lowest BCUT2D eigenvalue weighted by Gasteiger charge is -2.10. The summed E-state index contributed by atoms with van der Waals surface area (Å²) in [6.07, 6.45) is -2.38. The van der Waals surface area contributed by atoms with E-state index in [4.69, 9.17) is 23.2 Å². The molecule has 0 aliphatic heterocycles. The van der Waals surface area contributed by atoms with Crippen molar-refractivity contribution < 1.29 is 27.3 Å². The van der Waals surface area contributed by atoms with Gasteiger partial charge in [0.15, 0.2) is 0 Å². The first-order chi connectivity index (χ1) is 14.5. The molecule has 0 aliphatic rings. The molecule has 1 N–H and O–H groups in total. The average molecular weight is 512 g/mol. The van der Waals surface area contributed by atoms with Crippen LogP contribution >= 0.6 is 46.3 Å². The highest BCUT2D eigenvalue weighted by molar-refractivity contribution is 8.01. The molecule has 0 saturated carbocycles. The summed E-state index contributed by atoms with van der Waals surface area (Å²) in [6.45, 7) is 0. The summed E-state index contributed by atoms with van der Waals surface area (Å²) in [5.74, 6) is -2.41. The van der Waals surface area contributed by atoms with Crippen LogP contribution in [0, 0.1) is 15.9 Å². The van der Waals surface area contributed by atoms with Gasteiger partial charge < -0.3 is 5.32 Å². The molecule has 0 atom stereocenters. The summed E-state index contributed by atoms with van der Waals surface area (Å²) in [5.41, 5.74) is -2.30. The van der Waals surface area contributed by atoms with Gasteiger partial charge >= 0.3 is 6.18 Å². The van der Waals surface area contributed by atoms with Crippen LogP contribution in [0.15, 0.2) is 45.8 Å². The van der Waals surface area contributed by atoms with Crippen molar-refractivity contribution in [3.63, 3.8) is 0 Å². The van der Waals surface area contributed by atoms with Crippen molar-refractivity contribution in [2.75, 3.05) is 5.32 Å². The van der Waals surface area contributed by atoms with Crippen LogP contribution < -0.4 is 5.32 Å². The van der Waals surface area contributed by atoms with Crippen LogP contribution in [0.5, 0.6) is 0 Å². The van der Waals surface area contributed by atoms with Gasteiger partial charge in [-0.25, -0.2) is 4.39 Å². The van der Waals surface area contributed by atoms with Crippen LogP contribution in [0.3, 0.4) is 0 Å². The quantitative estimate of drug-likeness (QED) is 0.228. The molecule has 1 amide bonds. The van der Waals surface area contributed by atoms with Gasteiger partial charge in [-0.1, -0.05) is 35.0 Å². The van der Waals surface area contributed by atoms with Crippen molar-refractivity contribution in [2.45, 2.75) is 15.3 Å². The summed E-state index contributed by atoms with van der Waals surface area (Å²) in [7, 11) is 0. The summed E-state index contributed by atoms with van der Waals surface area (Å²) in [5, 5.41) is 13.8. The Morgan fingerprint density at radius 1 is 1.19 bits per heavy atom. The van der Waals surface area contributed by atoms with E-state index >= 15 is 0 Å². The van der Waals surface area contributed by atoms with Crippen LogP contribution in [0.25, 0.3) is 0 Å². The fraction of sp³-hybridized carbons (Fsp3) is 0.0588. The SMILES string of the molecule is O=C(Nc1ccc(F)c(C(F)(F)F)c1)c1cc([N+](=O)[O-])c(Sc2c(Cl)cncc2Cl)s1. The predicted octanol–water partition coefficient (Wildman–Crippen LogP) is 6.92. The Labute approximate surface area is 189 Å². The first-order valence-electron chi connectivity index (χ1n) is 7.90. The standard InChI is InChI=1S/C17H7Cl2F4N3O3S2/c18-9-5-24-6-10(19)14(9)31-16-12(26(28)29)4-13(30-16)15(27)25-7-1-2-11(20)8(3-7)17(21,22)23/h1-6H,(H,25,27). The molecule has 162 valence electrons. The molecule has 0 spiro atoms. The van der Waals surface area contributed by atoms with Crippen molar-refractivity contribution in [3.05, 3.63) is 73.1 Å². The third kappa shape index (κ3) is 5.26. The molecule has 0 bridgehead atoms. The number of anilines is 1. The minimum absolute atomic E-state index is 0.0697. The van der Waals surface area contributed by atoms with E-state index in [1.54, 1.807) is 0 Å². The number of thiophene rings is 1. The molecule has 2 aromatic heterocycles. The van der Waals surface area contributed by atoms with Crippen LogP contribution in [0.1, 0.15) is 15.2 Å². The molecule has 0 radical (unpaired) electrons. The Bertz CT molecular complexity index is 1170. The molecule has 6 nitrogen and oxygen atoms in total. The number of amides is 1. The molecule has 3 aromatic rings. The van der Waals surface area contributed by atoms with Crippen molar-refractivity contribution in [1.82, 2.24) is 4.98 Å². The van der Waals surface area contributed by atoms with E-state index in [-0.39, 0.29) is 29.7 Å². The molecule has 0 saturated heterocycles. The second-order valence-electron chi connectivity index (χ2n) is 5.72. The predicted molar refractivity (Wildman–Crippen MR) is 109 cm³/mol. The Balaban J connectivity index is 1.91. The van der Waals surface area contributed by atoms with E-state index in [0.29, 0.717) is 23.5 Å². The maximum Gasteiger partial charge on any atom is 0.419 e. The molecule has 3 rings (SSSR count). The first-order valence-corrected chi connectivity index (χ1v) is 10.3. The van der Waals surface area contributed by atoms with Gasteiger partial charge in [-0.05, 0) is 18.2 Å². The first kappa shape index (κ1) is 23.3. The van der Waals surface area contributed by atoms with E-state index in [1.807, 2.05) is 0 Å². The van der Waals surface area contributed by atoms with Gasteiger partial charge in [0.25, 0.3) is 11.6 Å². The van der Waals surface area contributed by atoms with Crippen LogP contribution in [0.2, 0.25) is 10.0 Å². The molecule has 14 heteroatoms. The number of hydrogen-bond acceptors (Lipinski definition) is 6. The Hall–Kier alpha value is -2.41. The number of carbonyl (C=O) groups is 1. The molecule has 31 heavy (non-hydrogen) atoms. The fourth-order valence-electron chi connectivity index (χ4n) is 2.28. The zero-order valence-corrected chi connectivity index (χ0v) is 17.8. The third-order valence-corrected chi connectivity index (χ3v) is 6.89. The minimum atomic E-state index is -4.96. The number of alkyl halides is 3. The normalized spacial score (nSPS) is 11.4. The second kappa shape index (κ2) is 8.99. The maximum absolute atomic E-state index is 13.4. The number of nitrogens with zero attached hydrogens (tertiary/aromatic N) is 2. The van der Waals surface area contributed by atoms with E-state index in [2.05, 4.69) is 10.3 Å². The molecular weight excluding hydrogens is 505 g/mol. The number of aromatic nitrogens is 1. The Morgan fingerprint density at radius 3 is 2.42 bits per heavy atom. The van der Waals surface area contributed by atoms with Crippen molar-refractivity contribution in [2.24, 2.45) is 0 Å². The van der Waals surface area contributed by atoms with Gasteiger partial charge in [0, 0.05) is 24.1 Å². The van der Waals surface area contributed by atoms with Gasteiger partial charge in [-0.2, -0.15) is 13.2 Å². The number of halogens is 6. The van der Waals surface area contributed by atoms with Crippen LogP contribution in [-0.4, -0.2) is 15.8 Å². The second-order valence-corrected chi connectivity index (χ2v) is 8.87. The van der Waals surface area contributed by atoms with E-state index < -0.39 is 34.1 Å². The van der Waals surface area contributed by atoms with Crippen molar-refractivity contribution >= 4 is 63.6 Å². The van der Waals surface area contributed by atoms with E-state index in [0.717, 1.165) is 23.9 Å². The highest BCUT2D eigenvalue weighted by Crippen LogP contribution is 2.45. The van der Waals surface area contributed by atoms with E-state index in [9.17, 15) is 32.5 Å². The maximum atomic E-state index is 13.4. The van der Waals surface area contributed by atoms with Crippen molar-refractivity contribution in [3.8, 4) is 0 Å². The minimum Gasteiger partial charge on any atom is -0.321 e. The molecule has 1 aromatic carbocycles. The number of carbonyl (C=O) groups excluding carboxylic acids is 1. The molecule has 0 aliphatic carbocycles. The smallest absolute Gasteiger partial charge is 0.321 e. The summed E-state index contributed by atoms with van der Waals surface area (Å²) in [6, 6.07) is 2.90. The number of rotatable bonds is 5. The summed E-state index contributed by atoms with van der Waals surface area (Å²) in [4.78, 5) is 27.0. The monoisotopic (exact) mass is 511 g/mol. The molecule has 0 unspecified atom stereocenters. The average Bonchev–Trinajstić information content (AvgIpc) is 3.10. The lowest BCUT2D eigenvalue weighted by Crippen LogP contribution is -2.13. The van der Waals surface area contributed by atoms with Crippen molar-refractivity contribution in [1.29, 1.82) is 0 Å². The van der Waals surface area contributed by atoms with Gasteiger partial charge in [-0.3, -0.25) is 19.9 Å². The number of hydrogen-bond donors (Lipinski definition) is 1. The summed E-state index contributed by atoms with van der Waals surface area (Å²) >= 11 is 13.6. The highest BCUT2D eigenvalue weighted by Gasteiger charge is 2.34. The lowest BCUT2D eigenvalue weighted by molar-refractivity contribution is -0.387. The third-order valence-electron chi connectivity index (χ3n) is 3.63. The lowest BCUT2D eigenvalue weighted by atomic mass is 10.2. The van der Waals surface area contributed by atoms with E-state index in [1.165, 1.54) is 12.4 Å². The van der Waals surface area contributed by atoms with Crippen LogP contribution in [0.4, 0.5) is 28.9 Å². The van der Waals surface area contributed by atoms with Gasteiger partial charge in [0.2, 0.25) is 0 Å². The van der Waals surface area contributed by atoms with Gasteiger partial charge in [-0.15, -0.1) is 11.3 Å². The Morgan fingerprint density at radius 2 is 1.84 bits per heavy atom. The zero-order valence-electron chi connectivity index (χ0n) is 14.7. The topological polar surface area (TPSA) is 85.1 Å². The molecule has 2 heterocycles. The zero-order chi connectivity index (χ0) is 22.9.